The Labute approximate surface area is 89.8 Å². The standard InChI is InChI=1S/Mn.Na.Ni.5H2O/h;;;5*1H2/q+2;+1;+2;;;;;/p-5. The summed E-state index contributed by atoms with van der Waals surface area (Å²) in [5, 5.41) is 0. The van der Waals surface area contributed by atoms with E-state index in [1.807, 2.05) is 0 Å². The number of hydrogen-bond acceptors (Lipinski definition) is 5. The molecule has 0 aromatic heterocycles. The second-order valence-electron chi connectivity index (χ2n) is 0. The van der Waals surface area contributed by atoms with Crippen molar-refractivity contribution >= 4 is 0 Å². The molecule has 0 bridgehead atoms. The fourth-order valence-corrected chi connectivity index (χ4v) is 0. The zero-order valence-corrected chi connectivity index (χ0v) is 8.10. The quantitative estimate of drug-likeness (QED) is 0.383. The summed E-state index contributed by atoms with van der Waals surface area (Å²) in [4.78, 5) is 0. The fraction of sp³-hybridized carbons (Fsp3) is 0. The summed E-state index contributed by atoms with van der Waals surface area (Å²) in [6, 6.07) is 0. The van der Waals surface area contributed by atoms with Crippen molar-refractivity contribution in [3.63, 3.8) is 0 Å². The van der Waals surface area contributed by atoms with Gasteiger partial charge in [0, 0.05) is 0 Å². The van der Waals surface area contributed by atoms with Gasteiger partial charge in [0.1, 0.15) is 0 Å². The third kappa shape index (κ3) is 110. The first-order valence-electron chi connectivity index (χ1n) is 0. The Hall–Kier alpha value is 1.81. The molecule has 0 saturated carbocycles. The Bertz CT molecular complexity index is 12.4. The van der Waals surface area contributed by atoms with E-state index < -0.39 is 0 Å². The van der Waals surface area contributed by atoms with Crippen LogP contribution in [0.5, 0.6) is 0 Å². The molecular weight excluding hydrogens is 217 g/mol. The van der Waals surface area contributed by atoms with Gasteiger partial charge >= 0.3 is 63.1 Å². The summed E-state index contributed by atoms with van der Waals surface area (Å²) in [7, 11) is 0. The van der Waals surface area contributed by atoms with Crippen molar-refractivity contribution < 1.29 is 90.5 Å². The van der Waals surface area contributed by atoms with Gasteiger partial charge in [-0.1, -0.05) is 0 Å². The van der Waals surface area contributed by atoms with Gasteiger partial charge in [0.2, 0.25) is 0 Å². The predicted octanol–water partition coefficient (Wildman–Crippen LogP) is -3.89. The molecule has 0 aromatic rings. The molecule has 0 fully saturated rings. The van der Waals surface area contributed by atoms with Crippen LogP contribution in [-0.2, 0) is 33.6 Å². The fourth-order valence-electron chi connectivity index (χ4n) is 0. The van der Waals surface area contributed by atoms with Gasteiger partial charge in [0.15, 0.2) is 0 Å². The Morgan fingerprint density at radius 3 is 0.500 bits per heavy atom. The SMILES string of the molecule is [Mn+2].[Na+].[Ni+2].[OH-].[OH-].[OH-].[OH-].[OH-]. The molecule has 0 aliphatic heterocycles. The van der Waals surface area contributed by atoms with Crippen molar-refractivity contribution in [2.45, 2.75) is 0 Å². The molecule has 5 N–H and O–H groups in total. The van der Waals surface area contributed by atoms with Gasteiger partial charge in [-0.15, -0.1) is 0 Å². The van der Waals surface area contributed by atoms with Crippen LogP contribution >= 0.6 is 0 Å². The van der Waals surface area contributed by atoms with Crippen molar-refractivity contribution in [2.24, 2.45) is 0 Å². The number of rotatable bonds is 0. The average Bonchev–Trinajstić information content (AvgIpc) is 0. The molecule has 0 spiro atoms. The molecule has 0 rings (SSSR count). The molecule has 5 nitrogen and oxygen atoms in total. The van der Waals surface area contributed by atoms with Crippen LogP contribution in [0.1, 0.15) is 0 Å². The first-order valence-corrected chi connectivity index (χ1v) is 0. The van der Waals surface area contributed by atoms with Gasteiger partial charge < -0.3 is 27.4 Å². The maximum absolute atomic E-state index is 0. The van der Waals surface area contributed by atoms with Gasteiger partial charge in [-0.2, -0.15) is 0 Å². The molecule has 0 aliphatic rings. The molecule has 53 valence electrons. The maximum atomic E-state index is 0. The van der Waals surface area contributed by atoms with Crippen LogP contribution in [0.3, 0.4) is 0 Å². The van der Waals surface area contributed by atoms with Crippen LogP contribution in [0.25, 0.3) is 0 Å². The van der Waals surface area contributed by atoms with Crippen LogP contribution in [-0.4, -0.2) is 27.4 Å². The molecule has 8 heteroatoms. The Balaban J connectivity index is 0. The maximum Gasteiger partial charge on any atom is 2.00 e. The van der Waals surface area contributed by atoms with E-state index in [2.05, 4.69) is 0 Å². The zero-order valence-electron chi connectivity index (χ0n) is 3.93. The van der Waals surface area contributed by atoms with E-state index in [0.717, 1.165) is 0 Å². The molecule has 0 heterocycles. The molecule has 0 atom stereocenters. The summed E-state index contributed by atoms with van der Waals surface area (Å²) in [6.45, 7) is 0. The zero-order chi connectivity index (χ0) is 0. The molecular formula is H5MnNaNiO5. The summed E-state index contributed by atoms with van der Waals surface area (Å²) in [5.41, 5.74) is 0. The van der Waals surface area contributed by atoms with E-state index in [9.17, 15) is 0 Å². The first-order chi connectivity index (χ1) is 0. The van der Waals surface area contributed by atoms with E-state index in [-0.39, 0.29) is 90.5 Å². The number of hydrogen-bond donors (Lipinski definition) is 0. The minimum atomic E-state index is 0. The molecule has 0 aromatic carbocycles. The van der Waals surface area contributed by atoms with Gasteiger partial charge in [-0.3, -0.25) is 0 Å². The Morgan fingerprint density at radius 1 is 0.500 bits per heavy atom. The molecule has 0 amide bonds. The second-order valence-corrected chi connectivity index (χ2v) is 0. The van der Waals surface area contributed by atoms with Crippen molar-refractivity contribution in [1.82, 2.24) is 0 Å². The molecule has 0 saturated heterocycles. The van der Waals surface area contributed by atoms with E-state index in [1.165, 1.54) is 0 Å². The first kappa shape index (κ1) is 232. The van der Waals surface area contributed by atoms with Crippen molar-refractivity contribution in [3.8, 4) is 0 Å². The predicted molar refractivity (Wildman–Crippen MR) is 9.68 cm³/mol. The summed E-state index contributed by atoms with van der Waals surface area (Å²) in [5.74, 6) is 0. The normalized spacial score (nSPS) is 0. The summed E-state index contributed by atoms with van der Waals surface area (Å²) >= 11 is 0. The van der Waals surface area contributed by atoms with Crippen LogP contribution in [0.15, 0.2) is 0 Å². The molecule has 8 heavy (non-hydrogen) atoms. The minimum Gasteiger partial charge on any atom is -0.870 e. The van der Waals surface area contributed by atoms with Crippen LogP contribution in [0.4, 0.5) is 0 Å². The molecule has 0 aliphatic carbocycles. The van der Waals surface area contributed by atoms with Gasteiger partial charge in [0.05, 0.1) is 0 Å². The van der Waals surface area contributed by atoms with Gasteiger partial charge in [-0.05, 0) is 0 Å². The Morgan fingerprint density at radius 2 is 0.500 bits per heavy atom. The third-order valence-electron chi connectivity index (χ3n) is 0. The van der Waals surface area contributed by atoms with Crippen molar-refractivity contribution in [3.05, 3.63) is 0 Å². The van der Waals surface area contributed by atoms with Crippen molar-refractivity contribution in [2.75, 3.05) is 0 Å². The second kappa shape index (κ2) is 164. The van der Waals surface area contributed by atoms with Gasteiger partial charge in [0.25, 0.3) is 0 Å². The van der Waals surface area contributed by atoms with E-state index in [1.54, 1.807) is 0 Å². The monoisotopic (exact) mass is 221 g/mol. The van der Waals surface area contributed by atoms with Crippen LogP contribution < -0.4 is 29.6 Å². The largest absolute Gasteiger partial charge is 2.00 e. The van der Waals surface area contributed by atoms with E-state index >= 15 is 0 Å². The smallest absolute Gasteiger partial charge is 0.870 e. The van der Waals surface area contributed by atoms with Crippen molar-refractivity contribution in [1.29, 1.82) is 0 Å². The third-order valence-corrected chi connectivity index (χ3v) is 0. The van der Waals surface area contributed by atoms with Crippen LogP contribution in [0.2, 0.25) is 0 Å². The average molecular weight is 222 g/mol. The topological polar surface area (TPSA) is 150 Å². The van der Waals surface area contributed by atoms with E-state index in [4.69, 9.17) is 0 Å². The minimum absolute atomic E-state index is 0. The molecule has 1 radical (unpaired) electrons. The van der Waals surface area contributed by atoms with Crippen LogP contribution in [0, 0.1) is 0 Å². The molecule has 0 unspecified atom stereocenters. The summed E-state index contributed by atoms with van der Waals surface area (Å²) in [6.07, 6.45) is 0. The van der Waals surface area contributed by atoms with E-state index in [0.29, 0.717) is 0 Å². The summed E-state index contributed by atoms with van der Waals surface area (Å²) < 4.78 is 0. The Kier molecular flexibility index (Phi) is 4740. The van der Waals surface area contributed by atoms with Gasteiger partial charge in [-0.25, -0.2) is 0 Å².